The Morgan fingerprint density at radius 2 is 2.05 bits per heavy atom. The molecule has 0 aliphatic rings. The molecule has 0 saturated carbocycles. The minimum absolute atomic E-state index is 0.0132. The van der Waals surface area contributed by atoms with Crippen molar-refractivity contribution in [3.05, 3.63) is 29.8 Å². The SMILES string of the molecule is CCN(CC(C)C(N)=S)C(=O)c1cccc(N(C)C)c1. The maximum atomic E-state index is 12.5. The van der Waals surface area contributed by atoms with E-state index in [4.69, 9.17) is 18.0 Å². The molecule has 0 fully saturated rings. The lowest BCUT2D eigenvalue weighted by atomic mass is 10.1. The Hall–Kier alpha value is -1.62. The van der Waals surface area contributed by atoms with Crippen LogP contribution in [0, 0.1) is 5.92 Å². The van der Waals surface area contributed by atoms with E-state index < -0.39 is 0 Å². The van der Waals surface area contributed by atoms with E-state index in [-0.39, 0.29) is 11.8 Å². The van der Waals surface area contributed by atoms with Crippen LogP contribution in [0.2, 0.25) is 0 Å². The lowest BCUT2D eigenvalue weighted by Crippen LogP contribution is -2.38. The van der Waals surface area contributed by atoms with E-state index in [2.05, 4.69) is 0 Å². The van der Waals surface area contributed by atoms with Crippen LogP contribution < -0.4 is 10.6 Å². The Kier molecular flexibility index (Phi) is 5.95. The Balaban J connectivity index is 2.91. The number of hydrogen-bond donors (Lipinski definition) is 1. The van der Waals surface area contributed by atoms with E-state index in [1.807, 2.05) is 57.1 Å². The summed E-state index contributed by atoms with van der Waals surface area (Å²) in [5.74, 6) is 0.0326. The Morgan fingerprint density at radius 3 is 2.55 bits per heavy atom. The molecule has 0 bridgehead atoms. The van der Waals surface area contributed by atoms with Gasteiger partial charge in [-0.25, -0.2) is 0 Å². The van der Waals surface area contributed by atoms with Crippen molar-refractivity contribution in [1.82, 2.24) is 4.90 Å². The molecule has 1 unspecified atom stereocenters. The van der Waals surface area contributed by atoms with Crippen LogP contribution >= 0.6 is 12.2 Å². The minimum Gasteiger partial charge on any atom is -0.393 e. The highest BCUT2D eigenvalue weighted by Crippen LogP contribution is 2.15. The van der Waals surface area contributed by atoms with Gasteiger partial charge < -0.3 is 15.5 Å². The maximum Gasteiger partial charge on any atom is 0.253 e. The molecule has 110 valence electrons. The summed E-state index contributed by atoms with van der Waals surface area (Å²) in [4.78, 5) is 16.7. The van der Waals surface area contributed by atoms with Crippen LogP contribution in [-0.2, 0) is 0 Å². The van der Waals surface area contributed by atoms with Gasteiger partial charge in [-0.1, -0.05) is 25.2 Å². The molecule has 1 amide bonds. The number of carbonyl (C=O) groups excluding carboxylic acids is 1. The van der Waals surface area contributed by atoms with Crippen molar-refractivity contribution < 1.29 is 4.79 Å². The molecule has 1 rings (SSSR count). The fourth-order valence-electron chi connectivity index (χ4n) is 1.88. The lowest BCUT2D eigenvalue weighted by Gasteiger charge is -2.24. The van der Waals surface area contributed by atoms with E-state index in [1.165, 1.54) is 0 Å². The van der Waals surface area contributed by atoms with E-state index in [0.29, 0.717) is 23.6 Å². The van der Waals surface area contributed by atoms with Crippen molar-refractivity contribution in [2.75, 3.05) is 32.1 Å². The second-order valence-electron chi connectivity index (χ2n) is 5.09. The Labute approximate surface area is 126 Å². The fraction of sp³-hybridized carbons (Fsp3) is 0.467. The number of carbonyl (C=O) groups is 1. The number of anilines is 1. The van der Waals surface area contributed by atoms with Crippen LogP contribution in [0.1, 0.15) is 24.2 Å². The van der Waals surface area contributed by atoms with Gasteiger partial charge in [-0.2, -0.15) is 0 Å². The number of hydrogen-bond acceptors (Lipinski definition) is 3. The van der Waals surface area contributed by atoms with Crippen molar-refractivity contribution in [1.29, 1.82) is 0 Å². The molecule has 0 radical (unpaired) electrons. The van der Waals surface area contributed by atoms with Crippen molar-refractivity contribution in [3.8, 4) is 0 Å². The second-order valence-corrected chi connectivity index (χ2v) is 5.56. The molecule has 1 aromatic rings. The number of rotatable bonds is 6. The van der Waals surface area contributed by atoms with Gasteiger partial charge in [0.05, 0.1) is 4.99 Å². The monoisotopic (exact) mass is 293 g/mol. The van der Waals surface area contributed by atoms with Gasteiger partial charge in [-0.3, -0.25) is 4.79 Å². The van der Waals surface area contributed by atoms with E-state index in [1.54, 1.807) is 4.90 Å². The summed E-state index contributed by atoms with van der Waals surface area (Å²) in [6.07, 6.45) is 0. The molecular formula is C15H23N3OS. The first-order valence-electron chi connectivity index (χ1n) is 6.72. The number of nitrogens with two attached hydrogens (primary N) is 1. The molecule has 0 aromatic heterocycles. The van der Waals surface area contributed by atoms with Crippen molar-refractivity contribution >= 4 is 28.8 Å². The first-order valence-corrected chi connectivity index (χ1v) is 7.13. The number of amides is 1. The van der Waals surface area contributed by atoms with E-state index in [9.17, 15) is 4.79 Å². The van der Waals surface area contributed by atoms with Gasteiger partial charge in [-0.05, 0) is 25.1 Å². The quantitative estimate of drug-likeness (QED) is 0.816. The predicted molar refractivity (Wildman–Crippen MR) is 88.3 cm³/mol. The van der Waals surface area contributed by atoms with Gasteiger partial charge in [0, 0.05) is 44.4 Å². The topological polar surface area (TPSA) is 49.6 Å². The zero-order chi connectivity index (χ0) is 15.3. The molecule has 0 heterocycles. The average Bonchev–Trinajstić information content (AvgIpc) is 2.43. The molecule has 20 heavy (non-hydrogen) atoms. The Bertz CT molecular complexity index is 488. The molecule has 0 aliphatic heterocycles. The summed E-state index contributed by atoms with van der Waals surface area (Å²) in [6.45, 7) is 5.09. The highest BCUT2D eigenvalue weighted by Gasteiger charge is 2.18. The number of benzene rings is 1. The zero-order valence-electron chi connectivity index (χ0n) is 12.6. The van der Waals surface area contributed by atoms with Gasteiger partial charge in [0.15, 0.2) is 0 Å². The van der Waals surface area contributed by atoms with Crippen LogP contribution in [0.15, 0.2) is 24.3 Å². The summed E-state index contributed by atoms with van der Waals surface area (Å²) in [7, 11) is 3.91. The third kappa shape index (κ3) is 4.20. The van der Waals surface area contributed by atoms with Crippen LogP contribution in [-0.4, -0.2) is 43.0 Å². The molecule has 4 nitrogen and oxygen atoms in total. The average molecular weight is 293 g/mol. The zero-order valence-corrected chi connectivity index (χ0v) is 13.4. The predicted octanol–water partition coefficient (Wildman–Crippen LogP) is 2.14. The summed E-state index contributed by atoms with van der Waals surface area (Å²) in [6, 6.07) is 7.61. The van der Waals surface area contributed by atoms with Gasteiger partial charge in [-0.15, -0.1) is 0 Å². The van der Waals surface area contributed by atoms with Crippen molar-refractivity contribution in [3.63, 3.8) is 0 Å². The first-order chi connectivity index (χ1) is 9.36. The Morgan fingerprint density at radius 1 is 1.40 bits per heavy atom. The third-order valence-electron chi connectivity index (χ3n) is 3.26. The fourth-order valence-corrected chi connectivity index (χ4v) is 1.95. The number of nitrogens with zero attached hydrogens (tertiary/aromatic N) is 2. The van der Waals surface area contributed by atoms with Gasteiger partial charge in [0.25, 0.3) is 5.91 Å². The first kappa shape index (κ1) is 16.4. The largest absolute Gasteiger partial charge is 0.393 e. The van der Waals surface area contributed by atoms with Crippen LogP contribution in [0.4, 0.5) is 5.69 Å². The standard InChI is InChI=1S/C15H23N3OS/c1-5-18(10-11(2)14(16)20)15(19)12-7-6-8-13(9-12)17(3)4/h6-9,11H,5,10H2,1-4H3,(H2,16,20). The summed E-state index contributed by atoms with van der Waals surface area (Å²) in [5.41, 5.74) is 7.33. The molecule has 1 atom stereocenters. The summed E-state index contributed by atoms with van der Waals surface area (Å²) < 4.78 is 0. The normalized spacial score (nSPS) is 11.8. The van der Waals surface area contributed by atoms with Crippen LogP contribution in [0.5, 0.6) is 0 Å². The summed E-state index contributed by atoms with van der Waals surface area (Å²) >= 11 is 4.98. The van der Waals surface area contributed by atoms with Crippen molar-refractivity contribution in [2.24, 2.45) is 11.7 Å². The molecule has 0 aliphatic carbocycles. The van der Waals surface area contributed by atoms with Gasteiger partial charge in [0.1, 0.15) is 0 Å². The van der Waals surface area contributed by atoms with Crippen LogP contribution in [0.25, 0.3) is 0 Å². The molecule has 0 saturated heterocycles. The summed E-state index contributed by atoms with van der Waals surface area (Å²) in [5, 5.41) is 0. The lowest BCUT2D eigenvalue weighted by molar-refractivity contribution is 0.0755. The number of thiocarbonyl (C=S) groups is 1. The van der Waals surface area contributed by atoms with Gasteiger partial charge in [0.2, 0.25) is 0 Å². The van der Waals surface area contributed by atoms with Crippen LogP contribution in [0.3, 0.4) is 0 Å². The smallest absolute Gasteiger partial charge is 0.253 e. The molecule has 2 N–H and O–H groups in total. The van der Waals surface area contributed by atoms with Crippen molar-refractivity contribution in [2.45, 2.75) is 13.8 Å². The van der Waals surface area contributed by atoms with Gasteiger partial charge >= 0.3 is 0 Å². The van der Waals surface area contributed by atoms with E-state index in [0.717, 1.165) is 5.69 Å². The third-order valence-corrected chi connectivity index (χ3v) is 3.66. The molecule has 0 spiro atoms. The highest BCUT2D eigenvalue weighted by molar-refractivity contribution is 7.80. The molecule has 5 heteroatoms. The molecule has 1 aromatic carbocycles. The minimum atomic E-state index is 0.0132. The highest BCUT2D eigenvalue weighted by atomic mass is 32.1. The maximum absolute atomic E-state index is 12.5. The van der Waals surface area contributed by atoms with E-state index >= 15 is 0 Å². The molecular weight excluding hydrogens is 270 g/mol. The second kappa shape index (κ2) is 7.24.